The van der Waals surface area contributed by atoms with Crippen LogP contribution in [0.2, 0.25) is 0 Å². The summed E-state index contributed by atoms with van der Waals surface area (Å²) in [6.45, 7) is 5.71. The SMILES string of the molecule is CCC(C)(C)N(C(=O)c1ccc(OC)cc1)C1CC(=O)N(c2ccc(C#N)cc2)C1=O. The number of methoxy groups -OCH3 is 1. The van der Waals surface area contributed by atoms with Gasteiger partial charge in [0.2, 0.25) is 5.91 Å². The van der Waals surface area contributed by atoms with Crippen molar-refractivity contribution in [2.75, 3.05) is 12.0 Å². The van der Waals surface area contributed by atoms with Crippen LogP contribution in [0.1, 0.15) is 49.5 Å². The van der Waals surface area contributed by atoms with Gasteiger partial charge in [0.25, 0.3) is 11.8 Å². The number of anilines is 1. The molecule has 1 fully saturated rings. The van der Waals surface area contributed by atoms with Crippen molar-refractivity contribution in [2.24, 2.45) is 0 Å². The minimum Gasteiger partial charge on any atom is -0.497 e. The number of carbonyl (C=O) groups is 3. The Balaban J connectivity index is 1.97. The zero-order valence-corrected chi connectivity index (χ0v) is 18.1. The van der Waals surface area contributed by atoms with Gasteiger partial charge in [-0.05, 0) is 68.8 Å². The van der Waals surface area contributed by atoms with Crippen LogP contribution in [0.15, 0.2) is 48.5 Å². The van der Waals surface area contributed by atoms with Gasteiger partial charge in [-0.15, -0.1) is 0 Å². The van der Waals surface area contributed by atoms with E-state index in [1.54, 1.807) is 55.6 Å². The van der Waals surface area contributed by atoms with E-state index in [2.05, 4.69) is 0 Å². The van der Waals surface area contributed by atoms with Crippen LogP contribution in [-0.4, -0.2) is 41.3 Å². The van der Waals surface area contributed by atoms with E-state index in [1.165, 1.54) is 4.90 Å². The summed E-state index contributed by atoms with van der Waals surface area (Å²) in [7, 11) is 1.55. The van der Waals surface area contributed by atoms with Gasteiger partial charge in [0.15, 0.2) is 0 Å². The second-order valence-electron chi connectivity index (χ2n) is 8.02. The predicted octanol–water partition coefficient (Wildman–Crippen LogP) is 3.53. The summed E-state index contributed by atoms with van der Waals surface area (Å²) in [6.07, 6.45) is 0.508. The molecule has 160 valence electrons. The Morgan fingerprint density at radius 2 is 1.77 bits per heavy atom. The summed E-state index contributed by atoms with van der Waals surface area (Å²) in [6, 6.07) is 14.0. The van der Waals surface area contributed by atoms with Gasteiger partial charge in [-0.3, -0.25) is 14.4 Å². The minimum atomic E-state index is -0.910. The number of hydrogen-bond acceptors (Lipinski definition) is 5. The zero-order chi connectivity index (χ0) is 22.8. The highest BCUT2D eigenvalue weighted by Gasteiger charge is 2.48. The monoisotopic (exact) mass is 419 g/mol. The highest BCUT2D eigenvalue weighted by atomic mass is 16.5. The molecule has 1 atom stereocenters. The molecule has 0 aromatic heterocycles. The highest BCUT2D eigenvalue weighted by Crippen LogP contribution is 2.32. The Morgan fingerprint density at radius 3 is 2.29 bits per heavy atom. The van der Waals surface area contributed by atoms with Crippen LogP contribution >= 0.6 is 0 Å². The number of hydrogen-bond donors (Lipinski definition) is 0. The van der Waals surface area contributed by atoms with Crippen molar-refractivity contribution < 1.29 is 19.1 Å². The number of nitriles is 1. The van der Waals surface area contributed by atoms with Gasteiger partial charge in [0, 0.05) is 11.1 Å². The largest absolute Gasteiger partial charge is 0.497 e. The summed E-state index contributed by atoms with van der Waals surface area (Å²) < 4.78 is 5.16. The summed E-state index contributed by atoms with van der Waals surface area (Å²) in [5, 5.41) is 8.98. The number of carbonyl (C=O) groups excluding carboxylic acids is 3. The van der Waals surface area contributed by atoms with Crippen LogP contribution in [0.4, 0.5) is 5.69 Å². The molecule has 2 aromatic rings. The molecule has 7 heteroatoms. The fourth-order valence-electron chi connectivity index (χ4n) is 3.66. The maximum absolute atomic E-state index is 13.5. The first-order valence-corrected chi connectivity index (χ1v) is 10.1. The topological polar surface area (TPSA) is 90.7 Å². The number of benzene rings is 2. The first-order chi connectivity index (χ1) is 14.7. The van der Waals surface area contributed by atoms with Crippen molar-refractivity contribution >= 4 is 23.4 Å². The Hall–Kier alpha value is -3.66. The zero-order valence-electron chi connectivity index (χ0n) is 18.1. The molecular weight excluding hydrogens is 394 g/mol. The molecule has 3 rings (SSSR count). The lowest BCUT2D eigenvalue weighted by molar-refractivity contribution is -0.123. The van der Waals surface area contributed by atoms with Crippen molar-refractivity contribution in [2.45, 2.75) is 45.2 Å². The number of amides is 3. The van der Waals surface area contributed by atoms with Crippen LogP contribution in [0.25, 0.3) is 0 Å². The molecule has 0 radical (unpaired) electrons. The Kier molecular flexibility index (Phi) is 6.11. The van der Waals surface area contributed by atoms with E-state index in [1.807, 2.05) is 26.8 Å². The average Bonchev–Trinajstić information content (AvgIpc) is 3.07. The Morgan fingerprint density at radius 1 is 1.16 bits per heavy atom. The summed E-state index contributed by atoms with van der Waals surface area (Å²) in [5.74, 6) is -0.517. The molecule has 3 amide bonds. The molecule has 1 saturated heterocycles. The van der Waals surface area contributed by atoms with E-state index >= 15 is 0 Å². The number of rotatable bonds is 6. The molecule has 0 aliphatic carbocycles. The molecule has 1 unspecified atom stereocenters. The number of ether oxygens (including phenoxy) is 1. The third-order valence-electron chi connectivity index (χ3n) is 5.76. The van der Waals surface area contributed by atoms with Crippen molar-refractivity contribution in [3.8, 4) is 11.8 Å². The fraction of sp³-hybridized carbons (Fsp3) is 0.333. The molecule has 1 heterocycles. The average molecular weight is 419 g/mol. The van der Waals surface area contributed by atoms with Gasteiger partial charge >= 0.3 is 0 Å². The van der Waals surface area contributed by atoms with E-state index in [-0.39, 0.29) is 18.2 Å². The molecule has 0 N–H and O–H groups in total. The minimum absolute atomic E-state index is 0.0931. The molecule has 0 spiro atoms. The highest BCUT2D eigenvalue weighted by molar-refractivity contribution is 6.23. The number of imide groups is 1. The maximum atomic E-state index is 13.5. The lowest BCUT2D eigenvalue weighted by Crippen LogP contribution is -2.55. The molecule has 0 bridgehead atoms. The van der Waals surface area contributed by atoms with Crippen LogP contribution in [-0.2, 0) is 9.59 Å². The second-order valence-corrected chi connectivity index (χ2v) is 8.02. The standard InChI is InChI=1S/C24H25N3O4/c1-5-24(2,3)27(22(29)17-8-12-19(31-4)13-9-17)20-14-21(28)26(23(20)30)18-10-6-16(15-25)7-11-18/h6-13,20H,5,14H2,1-4H3. The van der Waals surface area contributed by atoms with E-state index in [0.29, 0.717) is 29.0 Å². The molecule has 31 heavy (non-hydrogen) atoms. The van der Waals surface area contributed by atoms with Gasteiger partial charge < -0.3 is 9.64 Å². The van der Waals surface area contributed by atoms with E-state index in [9.17, 15) is 14.4 Å². The lowest BCUT2D eigenvalue weighted by Gasteiger charge is -2.41. The van der Waals surface area contributed by atoms with Crippen LogP contribution in [0, 0.1) is 11.3 Å². The van der Waals surface area contributed by atoms with Crippen molar-refractivity contribution in [3.63, 3.8) is 0 Å². The van der Waals surface area contributed by atoms with Gasteiger partial charge in [0.1, 0.15) is 11.8 Å². The molecule has 2 aromatic carbocycles. The Bertz CT molecular complexity index is 1040. The van der Waals surface area contributed by atoms with Crippen molar-refractivity contribution in [1.82, 2.24) is 4.90 Å². The molecule has 7 nitrogen and oxygen atoms in total. The van der Waals surface area contributed by atoms with E-state index in [4.69, 9.17) is 10.00 Å². The summed E-state index contributed by atoms with van der Waals surface area (Å²) >= 11 is 0. The van der Waals surface area contributed by atoms with Gasteiger partial charge in [-0.25, -0.2) is 4.90 Å². The van der Waals surface area contributed by atoms with Gasteiger partial charge in [0.05, 0.1) is 30.9 Å². The summed E-state index contributed by atoms with van der Waals surface area (Å²) in [5.41, 5.74) is 0.586. The van der Waals surface area contributed by atoms with Crippen LogP contribution in [0.5, 0.6) is 5.75 Å². The third-order valence-corrected chi connectivity index (χ3v) is 5.76. The summed E-state index contributed by atoms with van der Waals surface area (Å²) in [4.78, 5) is 42.2. The number of nitrogens with zero attached hydrogens (tertiary/aromatic N) is 3. The molecule has 1 aliphatic rings. The Labute approximate surface area is 181 Å². The third kappa shape index (κ3) is 4.15. The van der Waals surface area contributed by atoms with Crippen molar-refractivity contribution in [1.29, 1.82) is 5.26 Å². The van der Waals surface area contributed by atoms with Gasteiger partial charge in [-0.2, -0.15) is 5.26 Å². The van der Waals surface area contributed by atoms with E-state index in [0.717, 1.165) is 4.90 Å². The lowest BCUT2D eigenvalue weighted by atomic mass is 9.94. The fourth-order valence-corrected chi connectivity index (χ4v) is 3.66. The molecule has 1 aliphatic heterocycles. The first kappa shape index (κ1) is 22.0. The van der Waals surface area contributed by atoms with Crippen LogP contribution in [0.3, 0.4) is 0 Å². The predicted molar refractivity (Wildman–Crippen MR) is 116 cm³/mol. The van der Waals surface area contributed by atoms with Gasteiger partial charge in [-0.1, -0.05) is 6.92 Å². The maximum Gasteiger partial charge on any atom is 0.257 e. The molecule has 0 saturated carbocycles. The molecular formula is C24H25N3O4. The first-order valence-electron chi connectivity index (χ1n) is 10.1. The van der Waals surface area contributed by atoms with Crippen LogP contribution < -0.4 is 9.64 Å². The smallest absolute Gasteiger partial charge is 0.257 e. The normalized spacial score (nSPS) is 16.2. The van der Waals surface area contributed by atoms with E-state index < -0.39 is 17.5 Å². The van der Waals surface area contributed by atoms with Crippen molar-refractivity contribution in [3.05, 3.63) is 59.7 Å². The quantitative estimate of drug-likeness (QED) is 0.668. The second kappa shape index (κ2) is 8.60.